The van der Waals surface area contributed by atoms with Crippen molar-refractivity contribution in [3.05, 3.63) is 212 Å². The Balaban J connectivity index is 1.43. The van der Waals surface area contributed by atoms with E-state index in [4.69, 9.17) is 0 Å². The molecule has 0 unspecified atom stereocenters. The Labute approximate surface area is 307 Å². The molecular weight excluding hydrogens is 625 g/mol. The Bertz CT molecular complexity index is 2580. The van der Waals surface area contributed by atoms with Gasteiger partial charge >= 0.3 is 0 Å². The third-order valence-electron chi connectivity index (χ3n) is 10.1. The molecule has 8 aromatic rings. The van der Waals surface area contributed by atoms with Crippen molar-refractivity contribution in [3.63, 3.8) is 0 Å². The van der Waals surface area contributed by atoms with E-state index in [0.717, 1.165) is 11.1 Å². The molecule has 52 heavy (non-hydrogen) atoms. The predicted octanol–water partition coefficient (Wildman–Crippen LogP) is 14.8. The molecule has 0 aliphatic carbocycles. The lowest BCUT2D eigenvalue weighted by Crippen LogP contribution is -1.93. The molecule has 0 heteroatoms. The zero-order valence-electron chi connectivity index (χ0n) is 29.7. The molecule has 0 aliphatic rings. The molecule has 0 bridgehead atoms. The predicted molar refractivity (Wildman–Crippen MR) is 226 cm³/mol. The molecule has 0 saturated carbocycles. The van der Waals surface area contributed by atoms with Gasteiger partial charge in [-0.3, -0.25) is 0 Å². The fourth-order valence-electron chi connectivity index (χ4n) is 7.36. The van der Waals surface area contributed by atoms with E-state index in [1.807, 2.05) is 13.0 Å². The summed E-state index contributed by atoms with van der Waals surface area (Å²) in [6, 6.07) is 62.2. The van der Waals surface area contributed by atoms with Gasteiger partial charge in [-0.25, -0.2) is 0 Å². The number of allylic oxidation sites excluding steroid dienone is 5. The lowest BCUT2D eigenvalue weighted by Gasteiger charge is -2.20. The molecule has 0 aromatic heterocycles. The van der Waals surface area contributed by atoms with Crippen LogP contribution in [0, 0.1) is 6.92 Å². The van der Waals surface area contributed by atoms with Crippen LogP contribution in [-0.2, 0) is 0 Å². The maximum atomic E-state index is 4.18. The maximum Gasteiger partial charge on any atom is -0.00261 e. The van der Waals surface area contributed by atoms with Crippen LogP contribution < -0.4 is 0 Å². The largest absolute Gasteiger partial charge is 0.0984 e. The SMILES string of the molecule is C=CC(=CC=CC)c1ccc2c(-c3ccc(-c4ccccc4)cc3)c3cc(-c4ccc(C)cc4)ccc3c(-c3ccc(-c4ccccc4)cc3)c2c1. The monoisotopic (exact) mass is 664 g/mol. The van der Waals surface area contributed by atoms with Gasteiger partial charge in [-0.15, -0.1) is 0 Å². The summed E-state index contributed by atoms with van der Waals surface area (Å²) in [5.41, 5.74) is 15.6. The first-order valence-corrected chi connectivity index (χ1v) is 18.0. The van der Waals surface area contributed by atoms with Crippen molar-refractivity contribution >= 4 is 27.1 Å². The van der Waals surface area contributed by atoms with E-state index in [-0.39, 0.29) is 0 Å². The van der Waals surface area contributed by atoms with Crippen LogP contribution in [0.3, 0.4) is 0 Å². The van der Waals surface area contributed by atoms with Crippen LogP contribution in [0.4, 0.5) is 0 Å². The standard InChI is InChI=1S/C52H40/c1-4-6-13-37(5-2)45-30-32-47-49(34-45)51(43-26-22-40(23-27-43)38-14-9-7-10-15-38)48-33-31-46(42-20-18-36(3)19-21-42)35-50(48)52(47)44-28-24-41(25-29-44)39-16-11-8-12-17-39/h4-35H,2H2,1,3H3. The van der Waals surface area contributed by atoms with Crippen molar-refractivity contribution in [3.8, 4) is 55.6 Å². The number of hydrogen-bond acceptors (Lipinski definition) is 0. The van der Waals surface area contributed by atoms with E-state index < -0.39 is 0 Å². The molecular formula is C52H40. The Morgan fingerprint density at radius 3 is 1.37 bits per heavy atom. The second kappa shape index (κ2) is 14.4. The van der Waals surface area contributed by atoms with Crippen molar-refractivity contribution in [2.24, 2.45) is 0 Å². The quantitative estimate of drug-likeness (QED) is 0.112. The summed E-state index contributed by atoms with van der Waals surface area (Å²) in [7, 11) is 0. The van der Waals surface area contributed by atoms with E-state index in [2.05, 4.69) is 202 Å². The van der Waals surface area contributed by atoms with Crippen LogP contribution in [0.2, 0.25) is 0 Å². The van der Waals surface area contributed by atoms with Crippen LogP contribution in [0.5, 0.6) is 0 Å². The van der Waals surface area contributed by atoms with Crippen molar-refractivity contribution in [2.45, 2.75) is 13.8 Å². The van der Waals surface area contributed by atoms with Crippen LogP contribution in [0.1, 0.15) is 18.1 Å². The summed E-state index contributed by atoms with van der Waals surface area (Å²) in [6.45, 7) is 8.36. The number of benzene rings is 8. The zero-order chi connectivity index (χ0) is 35.4. The Morgan fingerprint density at radius 2 is 0.846 bits per heavy atom. The van der Waals surface area contributed by atoms with Gasteiger partial charge in [0.15, 0.2) is 0 Å². The van der Waals surface area contributed by atoms with Gasteiger partial charge in [0.2, 0.25) is 0 Å². The van der Waals surface area contributed by atoms with Gasteiger partial charge in [-0.2, -0.15) is 0 Å². The van der Waals surface area contributed by atoms with Crippen LogP contribution in [0.15, 0.2) is 201 Å². The second-order valence-electron chi connectivity index (χ2n) is 13.4. The average molecular weight is 665 g/mol. The zero-order valence-corrected chi connectivity index (χ0v) is 29.7. The van der Waals surface area contributed by atoms with Gasteiger partial charge in [-0.05, 0) is 114 Å². The van der Waals surface area contributed by atoms with Crippen LogP contribution in [0.25, 0.3) is 82.8 Å². The number of aryl methyl sites for hydroxylation is 1. The molecule has 0 spiro atoms. The lowest BCUT2D eigenvalue weighted by atomic mass is 9.83. The molecule has 0 nitrogen and oxygen atoms in total. The molecule has 0 heterocycles. The van der Waals surface area contributed by atoms with Crippen LogP contribution in [-0.4, -0.2) is 0 Å². The van der Waals surface area contributed by atoms with E-state index >= 15 is 0 Å². The number of fused-ring (bicyclic) bond motifs is 2. The summed E-state index contributed by atoms with van der Waals surface area (Å²) in [5.74, 6) is 0. The molecule has 0 saturated heterocycles. The summed E-state index contributed by atoms with van der Waals surface area (Å²) in [5, 5.41) is 4.91. The number of rotatable bonds is 8. The molecule has 8 aromatic carbocycles. The highest BCUT2D eigenvalue weighted by molar-refractivity contribution is 6.22. The smallest absolute Gasteiger partial charge is 0.00261 e. The second-order valence-corrected chi connectivity index (χ2v) is 13.4. The lowest BCUT2D eigenvalue weighted by molar-refractivity contribution is 1.47. The van der Waals surface area contributed by atoms with Gasteiger partial charge in [0.1, 0.15) is 0 Å². The van der Waals surface area contributed by atoms with Gasteiger partial charge in [-0.1, -0.05) is 194 Å². The maximum absolute atomic E-state index is 4.18. The first-order chi connectivity index (χ1) is 25.6. The summed E-state index contributed by atoms with van der Waals surface area (Å²) in [6.07, 6.45) is 8.23. The molecule has 0 radical (unpaired) electrons. The first-order valence-electron chi connectivity index (χ1n) is 18.0. The minimum Gasteiger partial charge on any atom is -0.0984 e. The third kappa shape index (κ3) is 6.32. The molecule has 0 atom stereocenters. The van der Waals surface area contributed by atoms with E-state index in [0.29, 0.717) is 0 Å². The third-order valence-corrected chi connectivity index (χ3v) is 10.1. The molecule has 248 valence electrons. The topological polar surface area (TPSA) is 0 Å². The minimum atomic E-state index is 1.09. The molecule has 0 amide bonds. The van der Waals surface area contributed by atoms with Gasteiger partial charge in [0, 0.05) is 0 Å². The fraction of sp³-hybridized carbons (Fsp3) is 0.0385. The highest BCUT2D eigenvalue weighted by Gasteiger charge is 2.19. The van der Waals surface area contributed by atoms with Crippen molar-refractivity contribution in [1.82, 2.24) is 0 Å². The Morgan fingerprint density at radius 1 is 0.423 bits per heavy atom. The van der Waals surface area contributed by atoms with Gasteiger partial charge in [0.25, 0.3) is 0 Å². The van der Waals surface area contributed by atoms with Crippen molar-refractivity contribution in [2.75, 3.05) is 0 Å². The number of hydrogen-bond donors (Lipinski definition) is 0. The Kier molecular flexibility index (Phi) is 9.05. The summed E-state index contributed by atoms with van der Waals surface area (Å²) in [4.78, 5) is 0. The summed E-state index contributed by atoms with van der Waals surface area (Å²) < 4.78 is 0. The normalized spacial score (nSPS) is 11.8. The first kappa shape index (κ1) is 32.7. The van der Waals surface area contributed by atoms with Gasteiger partial charge < -0.3 is 0 Å². The van der Waals surface area contributed by atoms with E-state index in [1.165, 1.54) is 82.7 Å². The van der Waals surface area contributed by atoms with E-state index in [9.17, 15) is 0 Å². The molecule has 0 aliphatic heterocycles. The van der Waals surface area contributed by atoms with Crippen molar-refractivity contribution < 1.29 is 0 Å². The van der Waals surface area contributed by atoms with E-state index in [1.54, 1.807) is 0 Å². The molecule has 8 rings (SSSR count). The summed E-state index contributed by atoms with van der Waals surface area (Å²) >= 11 is 0. The molecule has 0 fully saturated rings. The minimum absolute atomic E-state index is 1.09. The Hall–Kier alpha value is -6.50. The average Bonchev–Trinajstić information content (AvgIpc) is 3.21. The van der Waals surface area contributed by atoms with Crippen molar-refractivity contribution in [1.29, 1.82) is 0 Å². The fourth-order valence-corrected chi connectivity index (χ4v) is 7.36. The molecule has 0 N–H and O–H groups in total. The highest BCUT2D eigenvalue weighted by atomic mass is 14.2. The van der Waals surface area contributed by atoms with Crippen LogP contribution >= 0.6 is 0 Å². The van der Waals surface area contributed by atoms with Gasteiger partial charge in [0.05, 0.1) is 0 Å². The highest BCUT2D eigenvalue weighted by Crippen LogP contribution is 2.46.